The van der Waals surface area contributed by atoms with Crippen molar-refractivity contribution in [3.05, 3.63) is 53.6 Å². The van der Waals surface area contributed by atoms with Crippen molar-refractivity contribution in [1.82, 2.24) is 0 Å². The molecule has 1 aliphatic rings. The summed E-state index contributed by atoms with van der Waals surface area (Å²) < 4.78 is 32.9. The Bertz CT molecular complexity index is 1060. The summed E-state index contributed by atoms with van der Waals surface area (Å²) in [6.07, 6.45) is 0.299. The van der Waals surface area contributed by atoms with Gasteiger partial charge in [-0.25, -0.2) is 13.2 Å². The largest absolute Gasteiger partial charge is 0.462 e. The molecule has 1 aliphatic heterocycles. The van der Waals surface area contributed by atoms with E-state index in [9.17, 15) is 22.8 Å². The van der Waals surface area contributed by atoms with Crippen LogP contribution in [-0.2, 0) is 24.3 Å². The number of esters is 1. The number of nitrogens with one attached hydrogen (secondary N) is 1. The zero-order valence-electron chi connectivity index (χ0n) is 16.0. The summed E-state index contributed by atoms with van der Waals surface area (Å²) >= 11 is 0. The number of anilines is 2. The van der Waals surface area contributed by atoms with Gasteiger partial charge in [-0.2, -0.15) is 0 Å². The molecule has 152 valence electrons. The van der Waals surface area contributed by atoms with Crippen LogP contribution in [0.5, 0.6) is 0 Å². The van der Waals surface area contributed by atoms with Gasteiger partial charge in [-0.3, -0.25) is 19.2 Å². The highest BCUT2D eigenvalue weighted by Gasteiger charge is 2.30. The third kappa shape index (κ3) is 4.29. The molecule has 0 spiro atoms. The Balaban J connectivity index is 1.85. The number of aryl methyl sites for hydroxylation is 1. The summed E-state index contributed by atoms with van der Waals surface area (Å²) in [6, 6.07) is 10.1. The van der Waals surface area contributed by atoms with Crippen molar-refractivity contribution in [3.8, 4) is 0 Å². The Kier molecular flexibility index (Phi) is 5.69. The number of rotatable bonds is 6. The average Bonchev–Trinajstić information content (AvgIpc) is 3.02. The van der Waals surface area contributed by atoms with Crippen molar-refractivity contribution in [2.45, 2.75) is 31.6 Å². The van der Waals surface area contributed by atoms with E-state index in [-0.39, 0.29) is 47.4 Å². The van der Waals surface area contributed by atoms with E-state index in [0.717, 1.165) is 4.90 Å². The van der Waals surface area contributed by atoms with E-state index in [1.165, 1.54) is 30.3 Å². The third-order valence-electron chi connectivity index (χ3n) is 4.45. The van der Waals surface area contributed by atoms with E-state index in [2.05, 4.69) is 4.72 Å². The first-order chi connectivity index (χ1) is 13.7. The number of ether oxygens (including phenoxy) is 1. The lowest BCUT2D eigenvalue weighted by Gasteiger charge is -2.15. The number of carbonyl (C=O) groups is 3. The standard InChI is InChI=1S/C20H20N2O6S/c1-3-28-20(25)14-5-4-13(2)17(12-14)21-29(26,27)16-8-6-15(7-9-16)22-18(23)10-11-19(22)24/h4-9,12,21H,3,10-11H2,1-2H3. The molecule has 0 saturated carbocycles. The summed E-state index contributed by atoms with van der Waals surface area (Å²) in [7, 11) is -3.95. The molecule has 1 fully saturated rings. The third-order valence-corrected chi connectivity index (χ3v) is 5.83. The molecule has 0 unspecified atom stereocenters. The molecule has 0 aromatic heterocycles. The normalized spacial score (nSPS) is 14.2. The number of amides is 2. The molecule has 29 heavy (non-hydrogen) atoms. The molecule has 8 nitrogen and oxygen atoms in total. The average molecular weight is 416 g/mol. The lowest BCUT2D eigenvalue weighted by Crippen LogP contribution is -2.28. The molecule has 1 heterocycles. The van der Waals surface area contributed by atoms with Gasteiger partial charge in [0.25, 0.3) is 10.0 Å². The molecule has 1 N–H and O–H groups in total. The van der Waals surface area contributed by atoms with Crippen LogP contribution in [-0.4, -0.2) is 32.8 Å². The zero-order chi connectivity index (χ0) is 21.2. The van der Waals surface area contributed by atoms with Crippen molar-refractivity contribution in [1.29, 1.82) is 0 Å². The quantitative estimate of drug-likeness (QED) is 0.573. The molecule has 0 atom stereocenters. The van der Waals surface area contributed by atoms with E-state index >= 15 is 0 Å². The van der Waals surface area contributed by atoms with Crippen LogP contribution in [0.1, 0.15) is 35.7 Å². The minimum Gasteiger partial charge on any atom is -0.462 e. The lowest BCUT2D eigenvalue weighted by atomic mass is 10.1. The van der Waals surface area contributed by atoms with Gasteiger partial charge in [-0.1, -0.05) is 6.07 Å². The van der Waals surface area contributed by atoms with E-state index in [1.807, 2.05) is 0 Å². The molecular weight excluding hydrogens is 396 g/mol. The summed E-state index contributed by atoms with van der Waals surface area (Å²) in [6.45, 7) is 3.60. The van der Waals surface area contributed by atoms with Gasteiger partial charge in [0, 0.05) is 12.8 Å². The maximum Gasteiger partial charge on any atom is 0.338 e. The van der Waals surface area contributed by atoms with Gasteiger partial charge in [0.05, 0.1) is 28.4 Å². The van der Waals surface area contributed by atoms with Gasteiger partial charge in [0.2, 0.25) is 11.8 Å². The van der Waals surface area contributed by atoms with Crippen LogP contribution in [0.2, 0.25) is 0 Å². The van der Waals surface area contributed by atoms with Crippen molar-refractivity contribution in [3.63, 3.8) is 0 Å². The number of benzene rings is 2. The van der Waals surface area contributed by atoms with Crippen LogP contribution < -0.4 is 9.62 Å². The van der Waals surface area contributed by atoms with E-state index in [0.29, 0.717) is 11.3 Å². The highest BCUT2D eigenvalue weighted by Crippen LogP contribution is 2.26. The van der Waals surface area contributed by atoms with Crippen LogP contribution in [0.3, 0.4) is 0 Å². The fourth-order valence-electron chi connectivity index (χ4n) is 2.92. The number of hydrogen-bond donors (Lipinski definition) is 1. The first-order valence-corrected chi connectivity index (χ1v) is 10.5. The highest BCUT2D eigenvalue weighted by atomic mass is 32.2. The Hall–Kier alpha value is -3.20. The second-order valence-electron chi connectivity index (χ2n) is 6.47. The van der Waals surface area contributed by atoms with Gasteiger partial charge in [-0.15, -0.1) is 0 Å². The van der Waals surface area contributed by atoms with E-state index in [1.54, 1.807) is 26.0 Å². The Morgan fingerprint density at radius 1 is 1.07 bits per heavy atom. The number of hydrogen-bond acceptors (Lipinski definition) is 6. The van der Waals surface area contributed by atoms with Gasteiger partial charge in [0.1, 0.15) is 0 Å². The maximum atomic E-state index is 12.7. The van der Waals surface area contributed by atoms with Crippen LogP contribution >= 0.6 is 0 Å². The number of nitrogens with zero attached hydrogens (tertiary/aromatic N) is 1. The van der Waals surface area contributed by atoms with Crippen molar-refractivity contribution in [2.24, 2.45) is 0 Å². The molecule has 0 radical (unpaired) electrons. The van der Waals surface area contributed by atoms with Crippen LogP contribution in [0.15, 0.2) is 47.4 Å². The van der Waals surface area contributed by atoms with E-state index in [4.69, 9.17) is 4.74 Å². The first-order valence-electron chi connectivity index (χ1n) is 8.99. The van der Waals surface area contributed by atoms with Gasteiger partial charge in [0.15, 0.2) is 0 Å². The van der Waals surface area contributed by atoms with Crippen LogP contribution in [0, 0.1) is 6.92 Å². The monoisotopic (exact) mass is 416 g/mol. The fourth-order valence-corrected chi connectivity index (χ4v) is 4.04. The van der Waals surface area contributed by atoms with Gasteiger partial charge >= 0.3 is 5.97 Å². The second-order valence-corrected chi connectivity index (χ2v) is 8.15. The molecule has 9 heteroatoms. The van der Waals surface area contributed by atoms with Gasteiger partial charge in [-0.05, 0) is 55.8 Å². The molecule has 0 bridgehead atoms. The van der Waals surface area contributed by atoms with Gasteiger partial charge < -0.3 is 4.74 Å². The number of sulfonamides is 1. The first kappa shape index (κ1) is 20.5. The predicted octanol–water partition coefficient (Wildman–Crippen LogP) is 2.63. The molecule has 3 rings (SSSR count). The summed E-state index contributed by atoms with van der Waals surface area (Å²) in [5.74, 6) is -1.16. The summed E-state index contributed by atoms with van der Waals surface area (Å²) in [5.41, 5.74) is 1.45. The topological polar surface area (TPSA) is 110 Å². The second kappa shape index (κ2) is 8.04. The smallest absolute Gasteiger partial charge is 0.338 e. The Morgan fingerprint density at radius 3 is 2.28 bits per heavy atom. The summed E-state index contributed by atoms with van der Waals surface area (Å²) in [4.78, 5) is 36.5. The molecule has 1 saturated heterocycles. The fraction of sp³-hybridized carbons (Fsp3) is 0.250. The van der Waals surface area contributed by atoms with Crippen molar-refractivity contribution < 1.29 is 27.5 Å². The predicted molar refractivity (Wildman–Crippen MR) is 106 cm³/mol. The Labute approximate surface area is 168 Å². The summed E-state index contributed by atoms with van der Waals surface area (Å²) in [5, 5.41) is 0. The molecular formula is C20H20N2O6S. The van der Waals surface area contributed by atoms with Crippen molar-refractivity contribution in [2.75, 3.05) is 16.2 Å². The lowest BCUT2D eigenvalue weighted by molar-refractivity contribution is -0.121. The number of imide groups is 1. The molecule has 2 aromatic rings. The van der Waals surface area contributed by atoms with Crippen LogP contribution in [0.4, 0.5) is 11.4 Å². The van der Waals surface area contributed by atoms with Crippen LogP contribution in [0.25, 0.3) is 0 Å². The number of carbonyl (C=O) groups excluding carboxylic acids is 3. The highest BCUT2D eigenvalue weighted by molar-refractivity contribution is 7.92. The molecule has 2 aromatic carbocycles. The van der Waals surface area contributed by atoms with Crippen molar-refractivity contribution >= 4 is 39.2 Å². The SMILES string of the molecule is CCOC(=O)c1ccc(C)c(NS(=O)(=O)c2ccc(N3C(=O)CCC3=O)cc2)c1. The Morgan fingerprint density at radius 2 is 1.69 bits per heavy atom. The zero-order valence-corrected chi connectivity index (χ0v) is 16.8. The minimum absolute atomic E-state index is 0.0405. The molecule has 0 aliphatic carbocycles. The van der Waals surface area contributed by atoms with E-state index < -0.39 is 16.0 Å². The molecule has 2 amide bonds. The maximum absolute atomic E-state index is 12.7. The minimum atomic E-state index is -3.95.